The molecule has 2 N–H and O–H groups in total. The van der Waals surface area contributed by atoms with E-state index in [9.17, 15) is 9.90 Å². The van der Waals surface area contributed by atoms with Crippen LogP contribution in [-0.4, -0.2) is 48.2 Å². The highest BCUT2D eigenvalue weighted by Crippen LogP contribution is 2.43. The molecule has 0 amide bonds. The number of piperidine rings is 1. The molecule has 2 saturated carbocycles. The zero-order valence-electron chi connectivity index (χ0n) is 18.3. The van der Waals surface area contributed by atoms with Crippen LogP contribution in [0.4, 0.5) is 0 Å². The van der Waals surface area contributed by atoms with E-state index in [1.807, 2.05) is 12.1 Å². The normalized spacial score (nSPS) is 25.3. The van der Waals surface area contributed by atoms with Gasteiger partial charge in [-0.3, -0.25) is 0 Å². The summed E-state index contributed by atoms with van der Waals surface area (Å²) in [5.41, 5.74) is 3.22. The Morgan fingerprint density at radius 2 is 1.84 bits per heavy atom. The van der Waals surface area contributed by atoms with E-state index in [0.29, 0.717) is 17.5 Å². The van der Waals surface area contributed by atoms with Gasteiger partial charge >= 0.3 is 5.97 Å². The van der Waals surface area contributed by atoms with Crippen LogP contribution in [0.5, 0.6) is 0 Å². The molecule has 4 nitrogen and oxygen atoms in total. The summed E-state index contributed by atoms with van der Waals surface area (Å²) < 4.78 is 0. The minimum absolute atomic E-state index is 0.209. The Kier molecular flexibility index (Phi) is 5.85. The van der Waals surface area contributed by atoms with Crippen molar-refractivity contribution >= 4 is 5.97 Å². The summed E-state index contributed by atoms with van der Waals surface area (Å²) in [7, 11) is 0. The Morgan fingerprint density at radius 1 is 1.06 bits per heavy atom. The molecule has 0 bridgehead atoms. The van der Waals surface area contributed by atoms with Crippen molar-refractivity contribution in [3.63, 3.8) is 0 Å². The maximum Gasteiger partial charge on any atom is 0.335 e. The van der Waals surface area contributed by atoms with Crippen LogP contribution < -0.4 is 5.32 Å². The fourth-order valence-electron chi connectivity index (χ4n) is 5.38. The van der Waals surface area contributed by atoms with Gasteiger partial charge < -0.3 is 15.3 Å². The van der Waals surface area contributed by atoms with Gasteiger partial charge in [0, 0.05) is 25.0 Å². The van der Waals surface area contributed by atoms with Crippen LogP contribution in [0.15, 0.2) is 54.6 Å². The standard InChI is InChI=1S/C27H34N2O2/c30-26(31)23-8-4-5-21(15-23)17-27(11-13-29(14-12-27)18-20-9-10-20)19-28-25-16-24(25)22-6-2-1-3-7-22/h1-8,15,20,24-25,28H,9-14,16-19H2,(H,30,31)/t24-,25+/m0/s1. The lowest BCUT2D eigenvalue weighted by atomic mass is 9.73. The highest BCUT2D eigenvalue weighted by atomic mass is 16.4. The van der Waals surface area contributed by atoms with Crippen LogP contribution >= 0.6 is 0 Å². The lowest BCUT2D eigenvalue weighted by Gasteiger charge is -2.42. The van der Waals surface area contributed by atoms with Crippen LogP contribution in [0.3, 0.4) is 0 Å². The molecule has 31 heavy (non-hydrogen) atoms. The van der Waals surface area contributed by atoms with Gasteiger partial charge in [0.15, 0.2) is 0 Å². The van der Waals surface area contributed by atoms with E-state index in [4.69, 9.17) is 0 Å². The molecule has 1 aliphatic heterocycles. The zero-order chi connectivity index (χ0) is 21.3. The maximum atomic E-state index is 11.5. The third-order valence-electron chi connectivity index (χ3n) is 7.64. The Labute approximate surface area is 185 Å². The van der Waals surface area contributed by atoms with Gasteiger partial charge in [-0.1, -0.05) is 42.5 Å². The summed E-state index contributed by atoms with van der Waals surface area (Å²) in [6, 6.07) is 19.0. The average Bonchev–Trinajstić information content (AvgIpc) is 3.71. The first-order valence-electron chi connectivity index (χ1n) is 11.9. The quantitative estimate of drug-likeness (QED) is 0.627. The second-order valence-corrected chi connectivity index (χ2v) is 10.2. The second-order valence-electron chi connectivity index (χ2n) is 10.2. The average molecular weight is 419 g/mol. The van der Waals surface area contributed by atoms with E-state index in [0.717, 1.165) is 24.4 Å². The molecule has 3 fully saturated rings. The number of hydrogen-bond acceptors (Lipinski definition) is 3. The molecular formula is C27H34N2O2. The van der Waals surface area contributed by atoms with Crippen LogP contribution in [0.2, 0.25) is 0 Å². The lowest BCUT2D eigenvalue weighted by Crippen LogP contribution is -2.47. The Balaban J connectivity index is 1.25. The first-order chi connectivity index (χ1) is 15.1. The molecule has 0 radical (unpaired) electrons. The smallest absolute Gasteiger partial charge is 0.335 e. The number of nitrogens with zero attached hydrogens (tertiary/aromatic N) is 1. The van der Waals surface area contributed by atoms with Gasteiger partial charge in [0.05, 0.1) is 5.56 Å². The van der Waals surface area contributed by atoms with Gasteiger partial charge in [-0.15, -0.1) is 0 Å². The van der Waals surface area contributed by atoms with Gasteiger partial charge in [0.1, 0.15) is 0 Å². The minimum Gasteiger partial charge on any atom is -0.478 e. The van der Waals surface area contributed by atoms with Gasteiger partial charge in [-0.2, -0.15) is 0 Å². The summed E-state index contributed by atoms with van der Waals surface area (Å²) in [6.45, 7) is 4.64. The highest BCUT2D eigenvalue weighted by Gasteiger charge is 2.41. The summed E-state index contributed by atoms with van der Waals surface area (Å²) in [4.78, 5) is 14.1. The molecule has 5 rings (SSSR count). The summed E-state index contributed by atoms with van der Waals surface area (Å²) >= 11 is 0. The van der Waals surface area contributed by atoms with Crippen LogP contribution in [-0.2, 0) is 6.42 Å². The van der Waals surface area contributed by atoms with Gasteiger partial charge in [-0.05, 0) is 86.2 Å². The third kappa shape index (κ3) is 5.19. The molecule has 1 saturated heterocycles. The SMILES string of the molecule is O=C(O)c1cccc(CC2(CN[C@@H]3C[C@H]3c3ccccc3)CCN(CC3CC3)CC2)c1. The Hall–Kier alpha value is -2.17. The number of rotatable bonds is 9. The summed E-state index contributed by atoms with van der Waals surface area (Å²) in [6.07, 6.45) is 7.38. The minimum atomic E-state index is -0.836. The number of benzene rings is 2. The topological polar surface area (TPSA) is 52.6 Å². The van der Waals surface area contributed by atoms with Crippen molar-refractivity contribution in [3.05, 3.63) is 71.3 Å². The Morgan fingerprint density at radius 3 is 2.55 bits per heavy atom. The lowest BCUT2D eigenvalue weighted by molar-refractivity contribution is 0.0696. The fourth-order valence-corrected chi connectivity index (χ4v) is 5.38. The summed E-state index contributed by atoms with van der Waals surface area (Å²) in [5, 5.41) is 13.3. The number of hydrogen-bond donors (Lipinski definition) is 2. The highest BCUT2D eigenvalue weighted by molar-refractivity contribution is 5.87. The second kappa shape index (κ2) is 8.76. The maximum absolute atomic E-state index is 11.5. The predicted molar refractivity (Wildman–Crippen MR) is 124 cm³/mol. The molecule has 0 spiro atoms. The van der Waals surface area contributed by atoms with E-state index < -0.39 is 5.97 Å². The number of carbonyl (C=O) groups is 1. The number of likely N-dealkylation sites (tertiary alicyclic amines) is 1. The molecule has 1 heterocycles. The third-order valence-corrected chi connectivity index (χ3v) is 7.64. The number of carboxylic acid groups (broad SMARTS) is 1. The van der Waals surface area contributed by atoms with Crippen molar-refractivity contribution in [2.75, 3.05) is 26.2 Å². The monoisotopic (exact) mass is 418 g/mol. The van der Waals surface area contributed by atoms with Gasteiger partial charge in [0.25, 0.3) is 0 Å². The molecular weight excluding hydrogens is 384 g/mol. The van der Waals surface area contributed by atoms with Crippen molar-refractivity contribution in [2.24, 2.45) is 11.3 Å². The van der Waals surface area contributed by atoms with Crippen molar-refractivity contribution in [1.82, 2.24) is 10.2 Å². The fraction of sp³-hybridized carbons (Fsp3) is 0.519. The van der Waals surface area contributed by atoms with E-state index >= 15 is 0 Å². The van der Waals surface area contributed by atoms with Crippen LogP contribution in [0.1, 0.15) is 59.5 Å². The van der Waals surface area contributed by atoms with Crippen molar-refractivity contribution in [3.8, 4) is 0 Å². The largest absolute Gasteiger partial charge is 0.478 e. The van der Waals surface area contributed by atoms with Crippen molar-refractivity contribution in [2.45, 2.75) is 50.5 Å². The summed E-state index contributed by atoms with van der Waals surface area (Å²) in [5.74, 6) is 0.747. The molecule has 3 aliphatic rings. The molecule has 0 aromatic heterocycles. The van der Waals surface area contributed by atoms with Crippen LogP contribution in [0, 0.1) is 11.3 Å². The molecule has 4 heteroatoms. The predicted octanol–water partition coefficient (Wildman–Crippen LogP) is 4.57. The van der Waals surface area contributed by atoms with Crippen molar-refractivity contribution in [1.29, 1.82) is 0 Å². The molecule has 2 atom stereocenters. The number of aromatic carboxylic acids is 1. The Bertz CT molecular complexity index is 900. The first kappa shape index (κ1) is 20.7. The zero-order valence-corrected chi connectivity index (χ0v) is 18.3. The van der Waals surface area contributed by atoms with Gasteiger partial charge in [-0.25, -0.2) is 4.79 Å². The molecule has 2 aromatic rings. The van der Waals surface area contributed by atoms with E-state index in [1.165, 1.54) is 57.3 Å². The number of nitrogens with one attached hydrogen (secondary N) is 1. The van der Waals surface area contributed by atoms with E-state index in [1.54, 1.807) is 6.07 Å². The first-order valence-corrected chi connectivity index (χ1v) is 11.9. The molecule has 164 valence electrons. The van der Waals surface area contributed by atoms with E-state index in [2.05, 4.69) is 46.6 Å². The molecule has 2 aliphatic carbocycles. The van der Waals surface area contributed by atoms with Crippen molar-refractivity contribution < 1.29 is 9.90 Å². The van der Waals surface area contributed by atoms with E-state index in [-0.39, 0.29) is 5.41 Å². The molecule has 0 unspecified atom stereocenters. The molecule has 2 aromatic carbocycles. The number of carboxylic acids is 1. The van der Waals surface area contributed by atoms with Gasteiger partial charge in [0.2, 0.25) is 0 Å². The van der Waals surface area contributed by atoms with Crippen LogP contribution in [0.25, 0.3) is 0 Å².